The topological polar surface area (TPSA) is 83.3 Å². The molecular weight excluding hydrogens is 278 g/mol. The Morgan fingerprint density at radius 3 is 3.05 bits per heavy atom. The largest absolute Gasteiger partial charge is 0.346 e. The van der Waals surface area contributed by atoms with Crippen molar-refractivity contribution in [1.82, 2.24) is 15.2 Å². The zero-order valence-electron chi connectivity index (χ0n) is 11.1. The van der Waals surface area contributed by atoms with Crippen molar-refractivity contribution in [3.8, 4) is 0 Å². The highest BCUT2D eigenvalue weighted by molar-refractivity contribution is 6.33. The number of hydrogen-bond acceptors (Lipinski definition) is 5. The van der Waals surface area contributed by atoms with Gasteiger partial charge in [-0.2, -0.15) is 0 Å². The first-order valence-electron chi connectivity index (χ1n) is 6.87. The minimum atomic E-state index is -0.231. The van der Waals surface area contributed by atoms with Gasteiger partial charge in [0.25, 0.3) is 5.91 Å². The minimum Gasteiger partial charge on any atom is -0.346 e. The average molecular weight is 296 g/mol. The fourth-order valence-electron chi connectivity index (χ4n) is 3.17. The summed E-state index contributed by atoms with van der Waals surface area (Å²) in [7, 11) is 0. The molecule has 3 rings (SSSR count). The van der Waals surface area contributed by atoms with Gasteiger partial charge in [-0.1, -0.05) is 11.6 Å². The maximum absolute atomic E-state index is 12.3. The second-order valence-electron chi connectivity index (χ2n) is 5.29. The molecule has 0 bridgehead atoms. The fourth-order valence-corrected chi connectivity index (χ4v) is 3.36. The van der Waals surface area contributed by atoms with E-state index >= 15 is 0 Å². The number of rotatable bonds is 3. The summed E-state index contributed by atoms with van der Waals surface area (Å²) in [4.78, 5) is 18.9. The highest BCUT2D eigenvalue weighted by atomic mass is 35.5. The number of pyridine rings is 1. The molecule has 2 saturated heterocycles. The van der Waals surface area contributed by atoms with E-state index in [0.717, 1.165) is 25.9 Å². The standard InChI is InChI=1S/C13H18ClN5O/c14-8-3-4-11(18-15)17-12(8)13(20)16-9-5-7-19-6-1-2-10(9)19/h3-4,9-10H,1-2,5-7,15H2,(H,16,20)(H,17,18). The van der Waals surface area contributed by atoms with E-state index in [2.05, 4.69) is 20.6 Å². The molecule has 0 aromatic carbocycles. The predicted molar refractivity (Wildman–Crippen MR) is 77.5 cm³/mol. The van der Waals surface area contributed by atoms with Crippen molar-refractivity contribution in [2.75, 3.05) is 18.5 Å². The number of nitrogens with two attached hydrogens (primary N) is 1. The summed E-state index contributed by atoms with van der Waals surface area (Å²) in [6, 6.07) is 3.91. The first-order valence-corrected chi connectivity index (χ1v) is 7.25. The molecule has 2 aliphatic heterocycles. The third-order valence-corrected chi connectivity index (χ3v) is 4.44. The summed E-state index contributed by atoms with van der Waals surface area (Å²) in [5, 5.41) is 3.40. The van der Waals surface area contributed by atoms with Gasteiger partial charge in [-0.25, -0.2) is 10.8 Å². The van der Waals surface area contributed by atoms with Crippen molar-refractivity contribution in [2.24, 2.45) is 5.84 Å². The van der Waals surface area contributed by atoms with Crippen LogP contribution in [0.15, 0.2) is 12.1 Å². The number of hydrazine groups is 1. The van der Waals surface area contributed by atoms with Crippen molar-refractivity contribution in [3.63, 3.8) is 0 Å². The third-order valence-electron chi connectivity index (χ3n) is 4.13. The SMILES string of the molecule is NNc1ccc(Cl)c(C(=O)NC2CCN3CCCC23)n1. The number of nitrogens with zero attached hydrogens (tertiary/aromatic N) is 2. The molecule has 0 spiro atoms. The van der Waals surface area contributed by atoms with Gasteiger partial charge in [0.05, 0.1) is 5.02 Å². The molecule has 1 aromatic heterocycles. The molecule has 0 saturated carbocycles. The molecule has 6 nitrogen and oxygen atoms in total. The maximum atomic E-state index is 12.3. The minimum absolute atomic E-state index is 0.192. The van der Waals surface area contributed by atoms with Gasteiger partial charge in [-0.15, -0.1) is 0 Å². The number of anilines is 1. The molecule has 2 aliphatic rings. The Morgan fingerprint density at radius 2 is 2.25 bits per heavy atom. The number of hydrogen-bond donors (Lipinski definition) is 3. The number of fused-ring (bicyclic) bond motifs is 1. The lowest BCUT2D eigenvalue weighted by atomic mass is 10.1. The van der Waals surface area contributed by atoms with E-state index in [1.54, 1.807) is 12.1 Å². The van der Waals surface area contributed by atoms with E-state index in [0.29, 0.717) is 16.9 Å². The van der Waals surface area contributed by atoms with Crippen LogP contribution in [0.2, 0.25) is 5.02 Å². The van der Waals surface area contributed by atoms with Crippen LogP contribution in [-0.2, 0) is 0 Å². The van der Waals surface area contributed by atoms with E-state index < -0.39 is 0 Å². The molecular formula is C13H18ClN5O. The molecule has 0 radical (unpaired) electrons. The lowest BCUT2D eigenvalue weighted by Crippen LogP contribution is -2.42. The monoisotopic (exact) mass is 295 g/mol. The third kappa shape index (κ3) is 2.46. The van der Waals surface area contributed by atoms with Gasteiger partial charge in [0.15, 0.2) is 0 Å². The van der Waals surface area contributed by atoms with Crippen LogP contribution in [0.5, 0.6) is 0 Å². The van der Waals surface area contributed by atoms with Crippen molar-refractivity contribution < 1.29 is 4.79 Å². The van der Waals surface area contributed by atoms with Crippen LogP contribution in [-0.4, -0.2) is 41.0 Å². The predicted octanol–water partition coefficient (Wildman–Crippen LogP) is 0.987. The number of nitrogen functional groups attached to an aromatic ring is 1. The van der Waals surface area contributed by atoms with Gasteiger partial charge < -0.3 is 10.7 Å². The first kappa shape index (κ1) is 13.6. The summed E-state index contributed by atoms with van der Waals surface area (Å²) in [6.45, 7) is 2.20. The molecule has 4 N–H and O–H groups in total. The van der Waals surface area contributed by atoms with Crippen LogP contribution in [0.3, 0.4) is 0 Å². The highest BCUT2D eigenvalue weighted by Crippen LogP contribution is 2.28. The van der Waals surface area contributed by atoms with Gasteiger partial charge >= 0.3 is 0 Å². The Morgan fingerprint density at radius 1 is 1.40 bits per heavy atom. The van der Waals surface area contributed by atoms with Crippen LogP contribution >= 0.6 is 11.6 Å². The number of aromatic nitrogens is 1. The van der Waals surface area contributed by atoms with Crippen LogP contribution in [0.1, 0.15) is 29.8 Å². The first-order chi connectivity index (χ1) is 9.69. The molecule has 3 heterocycles. The Hall–Kier alpha value is -1.37. The van der Waals surface area contributed by atoms with E-state index in [1.165, 1.54) is 6.42 Å². The summed E-state index contributed by atoms with van der Waals surface area (Å²) in [5.41, 5.74) is 2.64. The zero-order chi connectivity index (χ0) is 14.1. The van der Waals surface area contributed by atoms with Gasteiger partial charge in [0.1, 0.15) is 11.5 Å². The summed E-state index contributed by atoms with van der Waals surface area (Å²) >= 11 is 6.04. The second-order valence-corrected chi connectivity index (χ2v) is 5.69. The van der Waals surface area contributed by atoms with E-state index in [4.69, 9.17) is 17.4 Å². The second kappa shape index (κ2) is 5.55. The fraction of sp³-hybridized carbons (Fsp3) is 0.538. The Labute approximate surface area is 122 Å². The number of halogens is 1. The molecule has 7 heteroatoms. The van der Waals surface area contributed by atoms with Crippen molar-refractivity contribution in [1.29, 1.82) is 0 Å². The Kier molecular flexibility index (Phi) is 3.78. The summed E-state index contributed by atoms with van der Waals surface area (Å²) in [6.07, 6.45) is 3.35. The number of nitrogens with one attached hydrogen (secondary N) is 2. The molecule has 0 aliphatic carbocycles. The van der Waals surface area contributed by atoms with Crippen molar-refractivity contribution in [2.45, 2.75) is 31.3 Å². The summed E-state index contributed by atoms with van der Waals surface area (Å²) in [5.74, 6) is 5.50. The van der Waals surface area contributed by atoms with Crippen LogP contribution < -0.4 is 16.6 Å². The maximum Gasteiger partial charge on any atom is 0.271 e. The molecule has 2 atom stereocenters. The number of carbonyl (C=O) groups excluding carboxylic acids is 1. The average Bonchev–Trinajstić information content (AvgIpc) is 3.04. The van der Waals surface area contributed by atoms with E-state index in [9.17, 15) is 4.79 Å². The van der Waals surface area contributed by atoms with E-state index in [-0.39, 0.29) is 17.6 Å². The van der Waals surface area contributed by atoms with Crippen LogP contribution in [0.25, 0.3) is 0 Å². The lowest BCUT2D eigenvalue weighted by Gasteiger charge is -2.21. The van der Waals surface area contributed by atoms with Crippen LogP contribution in [0, 0.1) is 0 Å². The Bertz CT molecular complexity index is 523. The van der Waals surface area contributed by atoms with Crippen LogP contribution in [0.4, 0.5) is 5.82 Å². The molecule has 1 amide bonds. The molecule has 2 unspecified atom stereocenters. The summed E-state index contributed by atoms with van der Waals surface area (Å²) < 4.78 is 0. The van der Waals surface area contributed by atoms with Gasteiger partial charge in [0, 0.05) is 18.6 Å². The molecule has 108 valence electrons. The quantitative estimate of drug-likeness (QED) is 0.572. The number of carbonyl (C=O) groups is 1. The molecule has 20 heavy (non-hydrogen) atoms. The lowest BCUT2D eigenvalue weighted by molar-refractivity contribution is 0.0925. The zero-order valence-corrected chi connectivity index (χ0v) is 11.9. The number of amides is 1. The van der Waals surface area contributed by atoms with E-state index in [1.807, 2.05) is 0 Å². The molecule has 1 aromatic rings. The van der Waals surface area contributed by atoms with Gasteiger partial charge in [0.2, 0.25) is 0 Å². The highest BCUT2D eigenvalue weighted by Gasteiger charge is 2.38. The van der Waals surface area contributed by atoms with Crippen molar-refractivity contribution in [3.05, 3.63) is 22.8 Å². The normalized spacial score (nSPS) is 25.5. The van der Waals surface area contributed by atoms with Gasteiger partial charge in [-0.3, -0.25) is 9.69 Å². The van der Waals surface area contributed by atoms with Crippen molar-refractivity contribution >= 4 is 23.3 Å². The Balaban J connectivity index is 1.73. The molecule has 2 fully saturated rings. The van der Waals surface area contributed by atoms with Gasteiger partial charge in [-0.05, 0) is 37.9 Å². The smallest absolute Gasteiger partial charge is 0.271 e.